The van der Waals surface area contributed by atoms with Crippen molar-refractivity contribution in [3.63, 3.8) is 0 Å². The third-order valence-electron chi connectivity index (χ3n) is 4.88. The molecule has 0 aliphatic rings. The first kappa shape index (κ1) is 18.9. The molecule has 0 radical (unpaired) electrons. The lowest BCUT2D eigenvalue weighted by molar-refractivity contribution is -0.122. The first-order valence-electron chi connectivity index (χ1n) is 9.35. The van der Waals surface area contributed by atoms with E-state index in [0.717, 1.165) is 10.9 Å². The lowest BCUT2D eigenvalue weighted by Crippen LogP contribution is -2.36. The van der Waals surface area contributed by atoms with Crippen LogP contribution in [0, 0.1) is 11.7 Å². The van der Waals surface area contributed by atoms with E-state index in [2.05, 4.69) is 10.3 Å². The van der Waals surface area contributed by atoms with Gasteiger partial charge in [-0.25, -0.2) is 9.37 Å². The molecule has 1 amide bonds. The van der Waals surface area contributed by atoms with E-state index in [-0.39, 0.29) is 35.8 Å². The Hall–Kier alpha value is -3.48. The van der Waals surface area contributed by atoms with Crippen LogP contribution in [0.1, 0.15) is 25.5 Å². The van der Waals surface area contributed by atoms with Crippen LogP contribution < -0.4 is 10.9 Å². The summed E-state index contributed by atoms with van der Waals surface area (Å²) in [6.45, 7) is 3.73. The molecule has 4 aromatic rings. The van der Waals surface area contributed by atoms with Crippen molar-refractivity contribution in [2.24, 2.45) is 5.92 Å². The van der Waals surface area contributed by atoms with Crippen molar-refractivity contribution in [3.05, 3.63) is 76.6 Å². The van der Waals surface area contributed by atoms with Crippen LogP contribution in [0.3, 0.4) is 0 Å². The second-order valence-corrected chi connectivity index (χ2v) is 7.29. The van der Waals surface area contributed by atoms with Crippen LogP contribution in [-0.4, -0.2) is 15.5 Å². The quantitative estimate of drug-likeness (QED) is 0.560. The average molecular weight is 393 g/mol. The number of nitrogens with zero attached hydrogens (tertiary/aromatic N) is 2. The maximum absolute atomic E-state index is 13.2. The lowest BCUT2D eigenvalue weighted by atomic mass is 9.96. The number of carbonyl (C=O) groups is 1. The zero-order chi connectivity index (χ0) is 20.5. The van der Waals surface area contributed by atoms with Gasteiger partial charge in [0.2, 0.25) is 11.5 Å². The van der Waals surface area contributed by atoms with Crippen molar-refractivity contribution < 1.29 is 13.6 Å². The number of aromatic nitrogens is 2. The van der Waals surface area contributed by atoms with Crippen molar-refractivity contribution in [3.8, 4) is 0 Å². The Morgan fingerprint density at radius 1 is 1.17 bits per heavy atom. The van der Waals surface area contributed by atoms with Crippen LogP contribution in [0.4, 0.5) is 4.39 Å². The van der Waals surface area contributed by atoms with Crippen LogP contribution in [0.2, 0.25) is 0 Å². The minimum Gasteiger partial charge on any atom is -0.448 e. The van der Waals surface area contributed by atoms with Gasteiger partial charge >= 0.3 is 0 Å². The normalized spacial score (nSPS) is 12.6. The zero-order valence-corrected chi connectivity index (χ0v) is 16.1. The van der Waals surface area contributed by atoms with Gasteiger partial charge in [-0.3, -0.25) is 14.2 Å². The van der Waals surface area contributed by atoms with Crippen molar-refractivity contribution >= 4 is 28.0 Å². The molecule has 6 nitrogen and oxygen atoms in total. The fraction of sp³-hybridized carbons (Fsp3) is 0.227. The summed E-state index contributed by atoms with van der Waals surface area (Å²) in [6.07, 6.45) is 1.36. The number of halogens is 1. The van der Waals surface area contributed by atoms with Crippen LogP contribution >= 0.6 is 0 Å². The molecule has 0 saturated heterocycles. The molecule has 1 atom stereocenters. The van der Waals surface area contributed by atoms with Crippen LogP contribution in [0.25, 0.3) is 22.1 Å². The molecular weight excluding hydrogens is 373 g/mol. The number of nitrogens with one attached hydrogen (secondary N) is 1. The van der Waals surface area contributed by atoms with Crippen LogP contribution in [0.5, 0.6) is 0 Å². The number of carbonyl (C=O) groups excluding carboxylic acids is 1. The van der Waals surface area contributed by atoms with Gasteiger partial charge in [-0.15, -0.1) is 0 Å². The van der Waals surface area contributed by atoms with Gasteiger partial charge in [-0.2, -0.15) is 0 Å². The molecule has 148 valence electrons. The highest BCUT2D eigenvalue weighted by Crippen LogP contribution is 2.24. The first-order chi connectivity index (χ1) is 13.9. The van der Waals surface area contributed by atoms with Crippen molar-refractivity contribution in [1.29, 1.82) is 0 Å². The number of amides is 1. The summed E-state index contributed by atoms with van der Waals surface area (Å²) in [5, 5.41) is 3.68. The standard InChI is InChI=1S/C22H20FN3O3/c1-13(2)19(14-7-9-15(23)10-8-14)25-18(27)11-26-12-24-20-16-5-3-4-6-17(16)29-21(20)22(26)28/h3-10,12-13,19H,11H2,1-2H3,(H,25,27)/t19-/m1/s1. The van der Waals surface area contributed by atoms with Crippen molar-refractivity contribution in [2.75, 3.05) is 0 Å². The minimum absolute atomic E-state index is 0.0807. The summed E-state index contributed by atoms with van der Waals surface area (Å²) in [5.41, 5.74) is 1.57. The maximum Gasteiger partial charge on any atom is 0.297 e. The number of hydrogen-bond acceptors (Lipinski definition) is 4. The van der Waals surface area contributed by atoms with E-state index in [1.54, 1.807) is 18.2 Å². The molecular formula is C22H20FN3O3. The predicted molar refractivity (Wildman–Crippen MR) is 108 cm³/mol. The molecule has 0 spiro atoms. The molecule has 29 heavy (non-hydrogen) atoms. The van der Waals surface area contributed by atoms with Gasteiger partial charge < -0.3 is 9.73 Å². The van der Waals surface area contributed by atoms with Gasteiger partial charge in [-0.05, 0) is 35.7 Å². The fourth-order valence-electron chi connectivity index (χ4n) is 3.41. The predicted octanol–water partition coefficient (Wildman–Crippen LogP) is 3.80. The molecule has 7 heteroatoms. The highest BCUT2D eigenvalue weighted by molar-refractivity contribution is 6.01. The molecule has 2 aromatic heterocycles. The number of fused-ring (bicyclic) bond motifs is 3. The van der Waals surface area contributed by atoms with Crippen molar-refractivity contribution in [1.82, 2.24) is 14.9 Å². The highest BCUT2D eigenvalue weighted by Gasteiger charge is 2.20. The average Bonchev–Trinajstić information content (AvgIpc) is 3.08. The molecule has 2 aromatic carbocycles. The van der Waals surface area contributed by atoms with E-state index < -0.39 is 5.56 Å². The van der Waals surface area contributed by atoms with E-state index in [0.29, 0.717) is 11.1 Å². The Morgan fingerprint density at radius 2 is 1.90 bits per heavy atom. The molecule has 0 aliphatic carbocycles. The van der Waals surface area contributed by atoms with Gasteiger partial charge in [0.25, 0.3) is 5.56 Å². The summed E-state index contributed by atoms with van der Waals surface area (Å²) in [5.74, 6) is -0.594. The SMILES string of the molecule is CC(C)[C@@H](NC(=O)Cn1cnc2c(oc3ccccc32)c1=O)c1ccc(F)cc1. The number of benzene rings is 2. The molecule has 0 bridgehead atoms. The summed E-state index contributed by atoms with van der Waals surface area (Å²) in [4.78, 5) is 29.7. The fourth-order valence-corrected chi connectivity index (χ4v) is 3.41. The van der Waals surface area contributed by atoms with Crippen LogP contribution in [0.15, 0.2) is 64.1 Å². The number of para-hydroxylation sites is 1. The van der Waals surface area contributed by atoms with E-state index in [1.165, 1.54) is 23.0 Å². The molecule has 1 N–H and O–H groups in total. The number of hydrogen-bond donors (Lipinski definition) is 1. The molecule has 4 rings (SSSR count). The third-order valence-corrected chi connectivity index (χ3v) is 4.88. The van der Waals surface area contributed by atoms with E-state index in [1.807, 2.05) is 32.0 Å². The van der Waals surface area contributed by atoms with Gasteiger partial charge in [0.15, 0.2) is 0 Å². The summed E-state index contributed by atoms with van der Waals surface area (Å²) >= 11 is 0. The maximum atomic E-state index is 13.2. The Kier molecular flexibility index (Phi) is 4.88. The van der Waals surface area contributed by atoms with E-state index >= 15 is 0 Å². The van der Waals surface area contributed by atoms with E-state index in [9.17, 15) is 14.0 Å². The minimum atomic E-state index is -0.413. The van der Waals surface area contributed by atoms with Gasteiger partial charge in [0.1, 0.15) is 23.5 Å². The Balaban J connectivity index is 1.59. The largest absolute Gasteiger partial charge is 0.448 e. The molecule has 0 unspecified atom stereocenters. The molecule has 0 fully saturated rings. The highest BCUT2D eigenvalue weighted by atomic mass is 19.1. The van der Waals surface area contributed by atoms with Gasteiger partial charge in [0, 0.05) is 5.39 Å². The Morgan fingerprint density at radius 3 is 2.62 bits per heavy atom. The molecule has 2 heterocycles. The molecule has 0 aliphatic heterocycles. The summed E-state index contributed by atoms with van der Waals surface area (Å²) in [7, 11) is 0. The van der Waals surface area contributed by atoms with Gasteiger partial charge in [-0.1, -0.05) is 38.1 Å². The van der Waals surface area contributed by atoms with E-state index in [4.69, 9.17) is 4.42 Å². The van der Waals surface area contributed by atoms with Gasteiger partial charge in [0.05, 0.1) is 12.4 Å². The van der Waals surface area contributed by atoms with Crippen molar-refractivity contribution in [2.45, 2.75) is 26.4 Å². The summed E-state index contributed by atoms with van der Waals surface area (Å²) < 4.78 is 20.1. The zero-order valence-electron chi connectivity index (χ0n) is 16.1. The third kappa shape index (κ3) is 3.63. The molecule has 0 saturated carbocycles. The number of furan rings is 1. The summed E-state index contributed by atoms with van der Waals surface area (Å²) in [6, 6.07) is 13.0. The Bertz CT molecular complexity index is 1240. The smallest absolute Gasteiger partial charge is 0.297 e. The Labute approximate surface area is 166 Å². The lowest BCUT2D eigenvalue weighted by Gasteiger charge is -2.23. The first-order valence-corrected chi connectivity index (χ1v) is 9.35. The monoisotopic (exact) mass is 393 g/mol. The number of rotatable bonds is 5. The topological polar surface area (TPSA) is 77.1 Å². The second-order valence-electron chi connectivity index (χ2n) is 7.29. The second kappa shape index (κ2) is 7.50. The van der Waals surface area contributed by atoms with Crippen LogP contribution in [-0.2, 0) is 11.3 Å².